The first kappa shape index (κ1) is 13.2. The fourth-order valence-electron chi connectivity index (χ4n) is 1.13. The molecule has 0 fully saturated rings. The van der Waals surface area contributed by atoms with Gasteiger partial charge in [-0.25, -0.2) is 8.42 Å². The number of halogens is 1. The number of carbonyl (C=O) groups excluding carboxylic acids is 1. The highest BCUT2D eigenvalue weighted by molar-refractivity contribution is 7.89. The molecule has 0 radical (unpaired) electrons. The first-order valence-corrected chi connectivity index (χ1v) is 6.47. The predicted octanol–water partition coefficient (Wildman–Crippen LogP) is 1.43. The molecular weight excluding hydrogens is 250 g/mol. The largest absolute Gasteiger partial charge is 0.279 e. The Hall–Kier alpha value is -0.910. The molecule has 0 amide bonds. The van der Waals surface area contributed by atoms with Gasteiger partial charge in [-0.15, -0.1) is 0 Å². The molecule has 16 heavy (non-hydrogen) atoms. The number of aryl methyl sites for hydroxylation is 1. The molecule has 1 rings (SSSR count). The number of hydrogen-bond acceptors (Lipinski definition) is 3. The number of carbonyl (C=O) groups is 1. The molecule has 0 bridgehead atoms. The van der Waals surface area contributed by atoms with E-state index in [2.05, 4.69) is 4.72 Å². The lowest BCUT2D eigenvalue weighted by atomic mass is 10.2. The van der Waals surface area contributed by atoms with Gasteiger partial charge in [-0.3, -0.25) is 4.79 Å². The van der Waals surface area contributed by atoms with Crippen LogP contribution in [0.3, 0.4) is 0 Å². The highest BCUT2D eigenvalue weighted by Crippen LogP contribution is 2.11. The number of nitrogens with one attached hydrogen (secondary N) is 1. The van der Waals surface area contributed by atoms with Crippen LogP contribution in [0.15, 0.2) is 29.2 Å². The van der Waals surface area contributed by atoms with Gasteiger partial charge in [0.25, 0.3) is 0 Å². The average Bonchev–Trinajstić information content (AvgIpc) is 2.17. The van der Waals surface area contributed by atoms with Gasteiger partial charge in [0.15, 0.2) is 0 Å². The van der Waals surface area contributed by atoms with Crippen LogP contribution >= 0.6 is 11.6 Å². The smallest absolute Gasteiger partial charge is 0.241 e. The minimum atomic E-state index is -3.68. The van der Waals surface area contributed by atoms with Gasteiger partial charge < -0.3 is 0 Å². The van der Waals surface area contributed by atoms with Gasteiger partial charge in [-0.1, -0.05) is 12.1 Å². The van der Waals surface area contributed by atoms with Crippen LogP contribution in [0.5, 0.6) is 0 Å². The summed E-state index contributed by atoms with van der Waals surface area (Å²) in [7, 11) is -3.68. The van der Waals surface area contributed by atoms with E-state index < -0.39 is 21.3 Å². The highest BCUT2D eigenvalue weighted by atomic mass is 35.5. The second-order valence-electron chi connectivity index (χ2n) is 3.46. The summed E-state index contributed by atoms with van der Waals surface area (Å²) < 4.78 is 25.7. The van der Waals surface area contributed by atoms with Crippen molar-refractivity contribution in [1.82, 2.24) is 4.72 Å². The lowest BCUT2D eigenvalue weighted by molar-refractivity contribution is -0.112. The summed E-state index contributed by atoms with van der Waals surface area (Å²) in [5.74, 6) is 0. The molecule has 1 aromatic rings. The molecular formula is C10H12ClNO3S. The average molecular weight is 262 g/mol. The van der Waals surface area contributed by atoms with Gasteiger partial charge in [-0.2, -0.15) is 4.72 Å². The summed E-state index contributed by atoms with van der Waals surface area (Å²) >= 11 is 5.19. The summed E-state index contributed by atoms with van der Waals surface area (Å²) in [6, 6.07) is 5.47. The lowest BCUT2D eigenvalue weighted by Crippen LogP contribution is -2.36. The summed E-state index contributed by atoms with van der Waals surface area (Å²) in [6.07, 6.45) is 0. The van der Waals surface area contributed by atoms with Gasteiger partial charge in [0.1, 0.15) is 0 Å². The Morgan fingerprint density at radius 1 is 1.44 bits per heavy atom. The van der Waals surface area contributed by atoms with Crippen LogP contribution in [0, 0.1) is 6.92 Å². The molecule has 0 spiro atoms. The fourth-order valence-corrected chi connectivity index (χ4v) is 2.56. The summed E-state index contributed by atoms with van der Waals surface area (Å²) in [6.45, 7) is 3.18. The maximum Gasteiger partial charge on any atom is 0.241 e. The van der Waals surface area contributed by atoms with Crippen molar-refractivity contribution in [3.05, 3.63) is 29.8 Å². The minimum Gasteiger partial charge on any atom is -0.279 e. The van der Waals surface area contributed by atoms with Crippen LogP contribution in [0.1, 0.15) is 12.5 Å². The molecule has 6 heteroatoms. The standard InChI is InChI=1S/C10H12ClNO3S/c1-7-4-3-5-9(6-7)16(14,15)12-8(2)10(11)13/h3-6,8,12H,1-2H3. The number of rotatable bonds is 4. The normalized spacial score (nSPS) is 13.4. The second-order valence-corrected chi connectivity index (χ2v) is 5.55. The Balaban J connectivity index is 2.99. The third-order valence-electron chi connectivity index (χ3n) is 1.97. The lowest BCUT2D eigenvalue weighted by Gasteiger charge is -2.10. The van der Waals surface area contributed by atoms with Crippen molar-refractivity contribution >= 4 is 26.9 Å². The van der Waals surface area contributed by atoms with E-state index in [-0.39, 0.29) is 4.90 Å². The first-order chi connectivity index (χ1) is 7.33. The third-order valence-corrected chi connectivity index (χ3v) is 3.84. The molecule has 1 aromatic carbocycles. The van der Waals surface area contributed by atoms with E-state index in [1.54, 1.807) is 19.1 Å². The maximum absolute atomic E-state index is 11.8. The molecule has 4 nitrogen and oxygen atoms in total. The summed E-state index contributed by atoms with van der Waals surface area (Å²) in [4.78, 5) is 10.9. The quantitative estimate of drug-likeness (QED) is 0.834. The van der Waals surface area contributed by atoms with Crippen LogP contribution in [-0.2, 0) is 14.8 Å². The van der Waals surface area contributed by atoms with Crippen LogP contribution in [0.25, 0.3) is 0 Å². The summed E-state index contributed by atoms with van der Waals surface area (Å²) in [5.41, 5.74) is 0.827. The van der Waals surface area contributed by atoms with Crippen LogP contribution in [-0.4, -0.2) is 19.7 Å². The number of sulfonamides is 1. The zero-order valence-electron chi connectivity index (χ0n) is 8.90. The van der Waals surface area contributed by atoms with Crippen molar-refractivity contribution in [3.63, 3.8) is 0 Å². The second kappa shape index (κ2) is 4.95. The van der Waals surface area contributed by atoms with Crippen molar-refractivity contribution < 1.29 is 13.2 Å². The van der Waals surface area contributed by atoms with Gasteiger partial charge in [0.05, 0.1) is 10.9 Å². The van der Waals surface area contributed by atoms with E-state index in [9.17, 15) is 13.2 Å². The molecule has 1 unspecified atom stereocenters. The van der Waals surface area contributed by atoms with Gasteiger partial charge in [0, 0.05) is 0 Å². The first-order valence-electron chi connectivity index (χ1n) is 4.61. The highest BCUT2D eigenvalue weighted by Gasteiger charge is 2.20. The predicted molar refractivity (Wildman–Crippen MR) is 61.8 cm³/mol. The zero-order chi connectivity index (χ0) is 12.3. The molecule has 0 aliphatic heterocycles. The van der Waals surface area contributed by atoms with E-state index in [0.717, 1.165) is 5.56 Å². The SMILES string of the molecule is Cc1cccc(S(=O)(=O)NC(C)C(=O)Cl)c1. The number of hydrogen-bond donors (Lipinski definition) is 1. The molecule has 0 aliphatic carbocycles. The topological polar surface area (TPSA) is 63.2 Å². The van der Waals surface area contributed by atoms with Gasteiger partial charge in [0.2, 0.25) is 15.3 Å². The monoisotopic (exact) mass is 261 g/mol. The summed E-state index contributed by atoms with van der Waals surface area (Å²) in [5, 5.41) is -0.740. The minimum absolute atomic E-state index is 0.122. The van der Waals surface area contributed by atoms with E-state index in [4.69, 9.17) is 11.6 Å². The molecule has 0 heterocycles. The maximum atomic E-state index is 11.8. The van der Waals surface area contributed by atoms with Crippen LogP contribution < -0.4 is 4.72 Å². The van der Waals surface area contributed by atoms with Gasteiger partial charge >= 0.3 is 0 Å². The van der Waals surface area contributed by atoms with Crippen LogP contribution in [0.4, 0.5) is 0 Å². The van der Waals surface area contributed by atoms with Crippen molar-refractivity contribution in [2.75, 3.05) is 0 Å². The molecule has 1 N–H and O–H groups in total. The fraction of sp³-hybridized carbons (Fsp3) is 0.300. The molecule has 0 aliphatic rings. The van der Waals surface area contributed by atoms with Gasteiger partial charge in [-0.05, 0) is 43.1 Å². The Morgan fingerprint density at radius 2 is 2.06 bits per heavy atom. The van der Waals surface area contributed by atoms with E-state index in [1.165, 1.54) is 19.1 Å². The van der Waals surface area contributed by atoms with E-state index in [1.807, 2.05) is 0 Å². The number of benzene rings is 1. The Labute approximate surface area is 99.7 Å². The van der Waals surface area contributed by atoms with Crippen LogP contribution in [0.2, 0.25) is 0 Å². The molecule has 1 atom stereocenters. The molecule has 0 saturated heterocycles. The molecule has 0 aromatic heterocycles. The molecule has 0 saturated carbocycles. The van der Waals surface area contributed by atoms with Crippen molar-refractivity contribution in [1.29, 1.82) is 0 Å². The van der Waals surface area contributed by atoms with Crippen molar-refractivity contribution in [2.24, 2.45) is 0 Å². The van der Waals surface area contributed by atoms with Crippen molar-refractivity contribution in [2.45, 2.75) is 24.8 Å². The zero-order valence-corrected chi connectivity index (χ0v) is 10.5. The Morgan fingerprint density at radius 3 is 2.56 bits per heavy atom. The van der Waals surface area contributed by atoms with E-state index >= 15 is 0 Å². The third kappa shape index (κ3) is 3.30. The van der Waals surface area contributed by atoms with Crippen molar-refractivity contribution in [3.8, 4) is 0 Å². The van der Waals surface area contributed by atoms with E-state index in [0.29, 0.717) is 0 Å². The molecule has 88 valence electrons. The Bertz CT molecular complexity index is 499. The Kier molecular flexibility index (Phi) is 4.07.